The van der Waals surface area contributed by atoms with E-state index in [0.29, 0.717) is 0 Å². The summed E-state index contributed by atoms with van der Waals surface area (Å²) in [6, 6.07) is 30.4. The van der Waals surface area contributed by atoms with Crippen LogP contribution in [-0.2, 0) is 32.6 Å². The zero-order chi connectivity index (χ0) is 43.6. The van der Waals surface area contributed by atoms with Crippen LogP contribution in [0.4, 0.5) is 11.4 Å². The first kappa shape index (κ1) is 47.9. The molecule has 2 saturated heterocycles. The summed E-state index contributed by atoms with van der Waals surface area (Å²) >= 11 is -1.61. The number of anilines is 2. The van der Waals surface area contributed by atoms with Crippen molar-refractivity contribution in [1.82, 2.24) is 9.97 Å². The Bertz CT molecular complexity index is 1980. The minimum Gasteiger partial charge on any atom is -0.265 e. The number of esters is 1. The molecule has 2 aromatic heterocycles. The van der Waals surface area contributed by atoms with Crippen LogP contribution >= 0.6 is 19.4 Å². The van der Waals surface area contributed by atoms with E-state index >= 15 is 0 Å². The van der Waals surface area contributed by atoms with Crippen molar-refractivity contribution in [3.05, 3.63) is 174 Å². The van der Waals surface area contributed by atoms with Crippen molar-refractivity contribution < 1.29 is 37.7 Å². The quantitative estimate of drug-likeness (QED) is 0.0771. The maximum Gasteiger partial charge on any atom is 0.0267 e. The Labute approximate surface area is 368 Å². The Morgan fingerprint density at radius 1 is 0.733 bits per heavy atom. The van der Waals surface area contributed by atoms with Gasteiger partial charge < -0.3 is 24.4 Å². The number of rotatable bonds is 6. The van der Waals surface area contributed by atoms with Crippen LogP contribution in [0, 0.1) is 60.0 Å². The minimum atomic E-state index is -1.61. The number of carbonyl (C=O) groups is 2. The summed E-state index contributed by atoms with van der Waals surface area (Å²) in [7, 11) is 11.3. The number of carboxylic acid groups (broad SMARTS) is 1. The molecule has 0 unspecified atom stereocenters. The van der Waals surface area contributed by atoms with Crippen LogP contribution in [0.5, 0.6) is 0 Å². The maximum absolute atomic E-state index is 11.6. The number of carboxylic acids is 1. The number of ether oxygens (including phenoxy) is 2. The van der Waals surface area contributed by atoms with Crippen molar-refractivity contribution in [3.8, 4) is 0 Å². The molecule has 0 saturated carbocycles. The topological polar surface area (TPSA) is 105 Å². The third-order valence-electron chi connectivity index (χ3n) is 9.58. The van der Waals surface area contributed by atoms with Crippen LogP contribution in [0.3, 0.4) is 0 Å². The van der Waals surface area contributed by atoms with Crippen molar-refractivity contribution in [2.45, 2.75) is 60.7 Å². The molecule has 2 bridgehead atoms. The molecule has 5 aromatic rings. The smallest absolute Gasteiger partial charge is 0.0267 e. The van der Waals surface area contributed by atoms with Gasteiger partial charge in [0.2, 0.25) is 0 Å². The fourth-order valence-electron chi connectivity index (χ4n) is 7.45. The summed E-state index contributed by atoms with van der Waals surface area (Å²) in [5.74, 6) is -3.00. The number of pyridine rings is 2. The zero-order valence-electron chi connectivity index (χ0n) is 35.2. The van der Waals surface area contributed by atoms with Crippen LogP contribution < -0.4 is 9.80 Å². The molecule has 5 heterocycles. The molecular weight excluding hydrogens is 885 g/mol. The molecule has 8 rings (SSSR count). The van der Waals surface area contributed by atoms with E-state index in [-0.39, 0.29) is 6.61 Å². The van der Waals surface area contributed by atoms with Gasteiger partial charge in [0.15, 0.2) is 0 Å². The summed E-state index contributed by atoms with van der Waals surface area (Å²) in [6.45, 7) is 19.5. The summed E-state index contributed by atoms with van der Waals surface area (Å²) in [6.07, 6.45) is 9.50. The molecule has 0 aliphatic carbocycles. The van der Waals surface area contributed by atoms with Crippen LogP contribution in [0.1, 0.15) is 45.9 Å². The molecule has 2 fully saturated rings. The Morgan fingerprint density at radius 3 is 1.50 bits per heavy atom. The van der Waals surface area contributed by atoms with E-state index in [2.05, 4.69) is 92.2 Å². The number of aliphatic carboxylic acids is 1. The molecule has 12 heteroatoms. The number of halogens is 2. The van der Waals surface area contributed by atoms with Gasteiger partial charge in [-0.1, -0.05) is 59.7 Å². The van der Waals surface area contributed by atoms with E-state index in [1.54, 1.807) is 43.9 Å². The minimum absolute atomic E-state index is 0.253. The number of benzene rings is 3. The van der Waals surface area contributed by atoms with Gasteiger partial charge in [0.25, 0.3) is 0 Å². The van der Waals surface area contributed by atoms with Crippen molar-refractivity contribution in [1.29, 1.82) is 0 Å². The predicted molar refractivity (Wildman–Crippen MR) is 241 cm³/mol. The van der Waals surface area contributed by atoms with Crippen LogP contribution in [0.2, 0.25) is 0 Å². The number of hydrogen-bond acceptors (Lipinski definition) is 8. The zero-order valence-corrected chi connectivity index (χ0v) is 38.4. The second-order valence-electron chi connectivity index (χ2n) is 14.4. The molecule has 320 valence electrons. The number of carbonyl (C=O) groups excluding carboxylic acids is 1. The van der Waals surface area contributed by atoms with Crippen LogP contribution in [-0.4, -0.2) is 63.5 Å². The van der Waals surface area contributed by atoms with Gasteiger partial charge in [-0.15, -0.1) is 0 Å². The molecule has 0 amide bonds. The molecule has 3 aromatic carbocycles. The van der Waals surface area contributed by atoms with E-state index in [9.17, 15) is 9.59 Å². The Balaban J connectivity index is 0.000000183. The van der Waals surface area contributed by atoms with Crippen molar-refractivity contribution in [2.24, 2.45) is 11.8 Å². The summed E-state index contributed by atoms with van der Waals surface area (Å²) in [5, 5.41) is 9.00. The van der Waals surface area contributed by atoms with E-state index in [1.807, 2.05) is 71.3 Å². The molecule has 60 heavy (non-hydrogen) atoms. The van der Waals surface area contributed by atoms with Gasteiger partial charge in [-0.05, 0) is 95.0 Å². The molecule has 1 N–H and O–H groups in total. The molecule has 0 radical (unpaired) electrons. The fourth-order valence-corrected chi connectivity index (χ4v) is 9.27. The molecule has 9 nitrogen and oxygen atoms in total. The van der Waals surface area contributed by atoms with Gasteiger partial charge in [0.1, 0.15) is 11.8 Å². The third-order valence-corrected chi connectivity index (χ3v) is 11.4. The van der Waals surface area contributed by atoms with E-state index < -0.39 is 49.5 Å². The van der Waals surface area contributed by atoms with Gasteiger partial charge >= 0.3 is 85.3 Å². The number of hydrogen-bond donors (Lipinski definition) is 1. The molecule has 3 aliphatic rings. The Hall–Kier alpha value is -4.73. The molecule has 3 aliphatic heterocycles. The Kier molecular flexibility index (Phi) is 19.6. The first-order chi connectivity index (χ1) is 28.8. The third kappa shape index (κ3) is 14.5. The molecular formula is C48H55Cl2N4O5Ru-. The first-order valence-corrected chi connectivity index (χ1v) is 25.1. The average Bonchev–Trinajstić information content (AvgIpc) is 3.98. The van der Waals surface area contributed by atoms with Gasteiger partial charge in [0, 0.05) is 49.3 Å². The Morgan fingerprint density at radius 2 is 1.15 bits per heavy atom. The van der Waals surface area contributed by atoms with E-state index in [0.717, 1.165) is 18.7 Å². The summed E-state index contributed by atoms with van der Waals surface area (Å²) in [5.41, 5.74) is 12.0. The second-order valence-corrected chi connectivity index (χ2v) is 20.1. The maximum atomic E-state index is 11.6. The largest absolute Gasteiger partial charge is 0.265 e. The van der Waals surface area contributed by atoms with Crippen molar-refractivity contribution in [3.63, 3.8) is 0 Å². The van der Waals surface area contributed by atoms with Gasteiger partial charge in [-0.2, -0.15) is 6.67 Å². The average molecular weight is 940 g/mol. The van der Waals surface area contributed by atoms with E-state index in [4.69, 9.17) is 34.0 Å². The predicted octanol–water partition coefficient (Wildman–Crippen LogP) is 10.1. The fraction of sp³-hybridized carbons (Fsp3) is 0.292. The molecule has 4 atom stereocenters. The van der Waals surface area contributed by atoms with Crippen molar-refractivity contribution >= 4 is 47.3 Å². The van der Waals surface area contributed by atoms with Crippen molar-refractivity contribution in [2.75, 3.05) is 29.5 Å². The van der Waals surface area contributed by atoms with Crippen LogP contribution in [0.15, 0.2) is 128 Å². The second kappa shape index (κ2) is 24.5. The van der Waals surface area contributed by atoms with Gasteiger partial charge in [-0.25, -0.2) is 0 Å². The standard InChI is InChI=1S/C21H27N2.C10H12O5.C7H6.2C5H5N.2ClH.Ru/c1-14-9-16(3)20(17(4)10-14)22-7-8-23(13-22)21-18(5)11-15(2)12-19(21)6;1-2-14-10(13)8-6-4-3-5(15-6)7(8)9(11)12;1-7-5-3-2-4-6-7;2*1-2-4-6-5-3-1;;;/h9-13H,7-8H2,1-6H3;3-8H,2H2,1H3,(H,11,12);1-6H;2*1-5H;2*1H;/q-1;;;;;;;+2/p-2/t;5-,6+,7-,8+;;;;;;/m.0....../s1. The monoisotopic (exact) mass is 939 g/mol. The number of nitrogens with zero attached hydrogens (tertiary/aromatic N) is 4. The van der Waals surface area contributed by atoms with Gasteiger partial charge in [0.05, 0.1) is 18.8 Å². The number of aryl methyl sites for hydroxylation is 6. The summed E-state index contributed by atoms with van der Waals surface area (Å²) in [4.78, 5) is 34.9. The molecule has 0 spiro atoms. The summed E-state index contributed by atoms with van der Waals surface area (Å²) < 4.78 is 12.1. The SMILES string of the molecule is CCOC(=O)[C@H]1[C@@H](C(=O)O)[C@@H]2C=C[C@H]1O2.Cc1cc(C)c(N2[CH-]N(c3c(C)cc(C)cc3C)CC2)c(C)c1.[Cl][Ru]([Cl])=[CH]c1ccccc1.c1ccncc1.c1ccncc1. The first-order valence-electron chi connectivity index (χ1n) is 19.7. The number of aromatic nitrogens is 2. The number of fused-ring (bicyclic) bond motifs is 2. The van der Waals surface area contributed by atoms with Crippen LogP contribution in [0.25, 0.3) is 0 Å². The van der Waals surface area contributed by atoms with Gasteiger partial charge in [-0.3, -0.25) is 19.6 Å². The normalized spacial score (nSPS) is 18.2. The van der Waals surface area contributed by atoms with E-state index in [1.165, 1.54) is 44.8 Å².